The zero-order valence-electron chi connectivity index (χ0n) is 14.1. The molecule has 1 aliphatic heterocycles. The van der Waals surface area contributed by atoms with Gasteiger partial charge in [-0.1, -0.05) is 0 Å². The van der Waals surface area contributed by atoms with Crippen molar-refractivity contribution in [2.45, 2.75) is 12.8 Å². The van der Waals surface area contributed by atoms with E-state index in [1.165, 1.54) is 6.07 Å². The van der Waals surface area contributed by atoms with Crippen molar-refractivity contribution in [3.8, 4) is 11.5 Å². The highest BCUT2D eigenvalue weighted by Gasteiger charge is 2.17. The zero-order chi connectivity index (χ0) is 19.4. The van der Waals surface area contributed by atoms with Gasteiger partial charge in [0.1, 0.15) is 13.2 Å². The maximum Gasteiger partial charge on any atom is 0.306 e. The van der Waals surface area contributed by atoms with Gasteiger partial charge in [0, 0.05) is 30.2 Å². The molecule has 1 N–H and O–H groups in total. The fourth-order valence-electron chi connectivity index (χ4n) is 2.54. The summed E-state index contributed by atoms with van der Waals surface area (Å²) in [6.07, 6.45) is -0.187. The number of carbonyl (C=O) groups is 2. The third-order valence-electron chi connectivity index (χ3n) is 3.87. The van der Waals surface area contributed by atoms with Gasteiger partial charge in [0.15, 0.2) is 17.3 Å². The number of hydrogen-bond donors (Lipinski definition) is 1. The molecule has 0 radical (unpaired) electrons. The Morgan fingerprint density at radius 1 is 1.07 bits per heavy atom. The van der Waals surface area contributed by atoms with Crippen molar-refractivity contribution in [2.24, 2.45) is 0 Å². The normalized spacial score (nSPS) is 12.3. The Hall–Kier alpha value is -3.49. The SMILES string of the molecule is O=C(CCC(=O)c1ccc2c(c1)OCCO2)Nc1ccc(F)c([N+](=O)[O-])c1. The Labute approximate surface area is 153 Å². The fraction of sp³-hybridized carbons (Fsp3) is 0.222. The number of rotatable bonds is 6. The first kappa shape index (κ1) is 18.3. The summed E-state index contributed by atoms with van der Waals surface area (Å²) >= 11 is 0. The molecule has 0 atom stereocenters. The van der Waals surface area contributed by atoms with Crippen molar-refractivity contribution >= 4 is 23.1 Å². The van der Waals surface area contributed by atoms with E-state index in [-0.39, 0.29) is 24.3 Å². The second kappa shape index (κ2) is 7.81. The van der Waals surface area contributed by atoms with Gasteiger partial charge >= 0.3 is 5.69 Å². The van der Waals surface area contributed by atoms with E-state index in [1.54, 1.807) is 18.2 Å². The van der Waals surface area contributed by atoms with Gasteiger partial charge in [-0.15, -0.1) is 0 Å². The summed E-state index contributed by atoms with van der Waals surface area (Å²) in [6, 6.07) is 7.83. The number of ether oxygens (including phenoxy) is 2. The number of Topliss-reactive ketones (excluding diaryl/α,β-unsaturated/α-hetero) is 1. The Bertz CT molecular complexity index is 915. The number of nitrogens with one attached hydrogen (secondary N) is 1. The number of fused-ring (bicyclic) bond motifs is 1. The van der Waals surface area contributed by atoms with Crippen LogP contribution < -0.4 is 14.8 Å². The monoisotopic (exact) mass is 374 g/mol. The van der Waals surface area contributed by atoms with Crippen LogP contribution in [0, 0.1) is 15.9 Å². The van der Waals surface area contributed by atoms with Crippen LogP contribution >= 0.6 is 0 Å². The van der Waals surface area contributed by atoms with E-state index in [0.717, 1.165) is 12.1 Å². The second-order valence-corrected chi connectivity index (χ2v) is 5.75. The number of carbonyl (C=O) groups excluding carboxylic acids is 2. The minimum Gasteiger partial charge on any atom is -0.486 e. The molecule has 3 rings (SSSR count). The number of hydrogen-bond acceptors (Lipinski definition) is 6. The van der Waals surface area contributed by atoms with Gasteiger partial charge in [0.05, 0.1) is 4.92 Å². The molecule has 0 unspecified atom stereocenters. The molecule has 0 fully saturated rings. The highest BCUT2D eigenvalue weighted by Crippen LogP contribution is 2.31. The molecule has 9 heteroatoms. The molecule has 27 heavy (non-hydrogen) atoms. The first-order valence-corrected chi connectivity index (χ1v) is 8.10. The predicted molar refractivity (Wildman–Crippen MR) is 92.7 cm³/mol. The van der Waals surface area contributed by atoms with Gasteiger partial charge in [0.25, 0.3) is 0 Å². The lowest BCUT2D eigenvalue weighted by atomic mass is 10.1. The summed E-state index contributed by atoms with van der Waals surface area (Å²) in [5.41, 5.74) is -0.260. The fourth-order valence-corrected chi connectivity index (χ4v) is 2.54. The van der Waals surface area contributed by atoms with Crippen molar-refractivity contribution in [3.63, 3.8) is 0 Å². The third-order valence-corrected chi connectivity index (χ3v) is 3.87. The standard InChI is InChI=1S/C18H15FN2O6/c19-13-3-2-12(10-14(13)21(24)25)20-18(23)6-4-15(22)11-1-5-16-17(9-11)27-8-7-26-16/h1-3,5,9-10H,4,6-8H2,(H,20,23). The maximum atomic E-state index is 13.3. The van der Waals surface area contributed by atoms with Crippen molar-refractivity contribution in [3.05, 3.63) is 57.9 Å². The average molecular weight is 374 g/mol. The van der Waals surface area contributed by atoms with Crippen LogP contribution in [0.2, 0.25) is 0 Å². The minimum atomic E-state index is -0.994. The molecule has 1 aliphatic rings. The van der Waals surface area contributed by atoms with E-state index < -0.39 is 22.3 Å². The zero-order valence-corrected chi connectivity index (χ0v) is 14.1. The number of amides is 1. The van der Waals surface area contributed by atoms with Crippen LogP contribution in [0.5, 0.6) is 11.5 Å². The topological polar surface area (TPSA) is 108 Å². The number of nitro benzene ring substituents is 1. The third kappa shape index (κ3) is 4.38. The number of halogens is 1. The molecule has 0 spiro atoms. The molecule has 0 aromatic heterocycles. The van der Waals surface area contributed by atoms with Crippen molar-refractivity contribution in [1.82, 2.24) is 0 Å². The number of nitro groups is 1. The molecule has 140 valence electrons. The molecule has 2 aromatic rings. The smallest absolute Gasteiger partial charge is 0.306 e. The van der Waals surface area contributed by atoms with Gasteiger partial charge in [-0.3, -0.25) is 19.7 Å². The number of ketones is 1. The van der Waals surface area contributed by atoms with E-state index in [4.69, 9.17) is 9.47 Å². The van der Waals surface area contributed by atoms with Gasteiger partial charge in [-0.2, -0.15) is 4.39 Å². The van der Waals surface area contributed by atoms with Crippen molar-refractivity contribution in [1.29, 1.82) is 0 Å². The largest absolute Gasteiger partial charge is 0.486 e. The first-order valence-electron chi connectivity index (χ1n) is 8.10. The molecule has 0 saturated heterocycles. The van der Waals surface area contributed by atoms with Gasteiger partial charge in [-0.25, -0.2) is 0 Å². The van der Waals surface area contributed by atoms with Gasteiger partial charge in [0.2, 0.25) is 11.7 Å². The van der Waals surface area contributed by atoms with Crippen molar-refractivity contribution in [2.75, 3.05) is 18.5 Å². The molecule has 1 amide bonds. The summed E-state index contributed by atoms with van der Waals surface area (Å²) in [5, 5.41) is 13.1. The summed E-state index contributed by atoms with van der Waals surface area (Å²) < 4.78 is 24.1. The summed E-state index contributed by atoms with van der Waals surface area (Å²) in [5.74, 6) is -0.718. The minimum absolute atomic E-state index is 0.0607. The van der Waals surface area contributed by atoms with Crippen LogP contribution in [-0.2, 0) is 4.79 Å². The van der Waals surface area contributed by atoms with Gasteiger partial charge < -0.3 is 14.8 Å². The molecule has 1 heterocycles. The van der Waals surface area contributed by atoms with E-state index in [1.807, 2.05) is 0 Å². The van der Waals surface area contributed by atoms with Crippen LogP contribution in [0.25, 0.3) is 0 Å². The maximum absolute atomic E-state index is 13.3. The lowest BCUT2D eigenvalue weighted by molar-refractivity contribution is -0.387. The molecule has 0 aliphatic carbocycles. The molecule has 0 saturated carbocycles. The Morgan fingerprint density at radius 3 is 2.56 bits per heavy atom. The lowest BCUT2D eigenvalue weighted by Crippen LogP contribution is -2.16. The Morgan fingerprint density at radius 2 is 1.81 bits per heavy atom. The first-order chi connectivity index (χ1) is 12.9. The molecule has 0 bridgehead atoms. The van der Waals surface area contributed by atoms with Gasteiger partial charge in [-0.05, 0) is 30.3 Å². The molecular formula is C18H15FN2O6. The average Bonchev–Trinajstić information content (AvgIpc) is 2.67. The van der Waals surface area contributed by atoms with E-state index in [9.17, 15) is 24.1 Å². The van der Waals surface area contributed by atoms with Crippen molar-refractivity contribution < 1.29 is 28.4 Å². The highest BCUT2D eigenvalue weighted by atomic mass is 19.1. The summed E-state index contributed by atoms with van der Waals surface area (Å²) in [6.45, 7) is 0.846. The Balaban J connectivity index is 1.58. The van der Waals surface area contributed by atoms with Crippen LogP contribution in [0.4, 0.5) is 15.8 Å². The predicted octanol–water partition coefficient (Wildman–Crippen LogP) is 3.11. The number of nitrogens with zero attached hydrogens (tertiary/aromatic N) is 1. The molecular weight excluding hydrogens is 359 g/mol. The van der Waals surface area contributed by atoms with Crippen LogP contribution in [0.1, 0.15) is 23.2 Å². The summed E-state index contributed by atoms with van der Waals surface area (Å²) in [4.78, 5) is 34.1. The molecule has 8 nitrogen and oxygen atoms in total. The van der Waals surface area contributed by atoms with Crippen LogP contribution in [0.15, 0.2) is 36.4 Å². The van der Waals surface area contributed by atoms with Crippen LogP contribution in [-0.4, -0.2) is 29.8 Å². The second-order valence-electron chi connectivity index (χ2n) is 5.75. The highest BCUT2D eigenvalue weighted by molar-refractivity contribution is 6.00. The molecule has 2 aromatic carbocycles. The lowest BCUT2D eigenvalue weighted by Gasteiger charge is -2.18. The van der Waals surface area contributed by atoms with E-state index in [0.29, 0.717) is 30.3 Å². The quantitative estimate of drug-likeness (QED) is 0.473. The van der Waals surface area contributed by atoms with E-state index >= 15 is 0 Å². The van der Waals surface area contributed by atoms with E-state index in [2.05, 4.69) is 5.32 Å². The summed E-state index contributed by atoms with van der Waals surface area (Å²) in [7, 11) is 0. The number of anilines is 1. The Kier molecular flexibility index (Phi) is 5.30. The van der Waals surface area contributed by atoms with Crippen LogP contribution in [0.3, 0.4) is 0 Å². The number of benzene rings is 2.